The van der Waals surface area contributed by atoms with Crippen molar-refractivity contribution in [2.75, 3.05) is 13.1 Å². The van der Waals surface area contributed by atoms with E-state index in [1.807, 2.05) is 6.08 Å². The summed E-state index contributed by atoms with van der Waals surface area (Å²) in [5.41, 5.74) is 0. The van der Waals surface area contributed by atoms with Crippen molar-refractivity contribution in [1.29, 1.82) is 0 Å². The van der Waals surface area contributed by atoms with Crippen LogP contribution in [-0.2, 0) is 14.4 Å². The van der Waals surface area contributed by atoms with Crippen LogP contribution in [0.25, 0.3) is 0 Å². The number of carboxylic acids is 2. The average Bonchev–Trinajstić information content (AvgIpc) is 2.87. The van der Waals surface area contributed by atoms with Crippen molar-refractivity contribution in [3.63, 3.8) is 0 Å². The van der Waals surface area contributed by atoms with Gasteiger partial charge in [0.1, 0.15) is 13.1 Å². The maximum atomic E-state index is 12.2. The molecule has 1 fully saturated rings. The molecule has 0 heterocycles. The molecule has 2 N–H and O–H groups in total. The Balaban J connectivity index is 2.05. The van der Waals surface area contributed by atoms with Crippen LogP contribution < -0.4 is 0 Å². The molecule has 0 aromatic rings. The van der Waals surface area contributed by atoms with Crippen LogP contribution in [0, 0.1) is 17.8 Å². The molecule has 3 atom stereocenters. The molecule has 98 valence electrons. The Labute approximate surface area is 104 Å². The van der Waals surface area contributed by atoms with E-state index in [2.05, 4.69) is 6.08 Å². The number of nitrogens with zero attached hydrogens (tertiary/aromatic N) is 1. The van der Waals surface area contributed by atoms with E-state index in [-0.39, 0.29) is 17.7 Å². The summed E-state index contributed by atoms with van der Waals surface area (Å²) >= 11 is 0. The van der Waals surface area contributed by atoms with E-state index in [4.69, 9.17) is 10.2 Å². The molecule has 6 heteroatoms. The van der Waals surface area contributed by atoms with Crippen LogP contribution in [0.15, 0.2) is 12.2 Å². The van der Waals surface area contributed by atoms with E-state index in [0.717, 1.165) is 11.3 Å². The van der Waals surface area contributed by atoms with Gasteiger partial charge in [-0.2, -0.15) is 0 Å². The second-order valence-electron chi connectivity index (χ2n) is 4.87. The minimum absolute atomic E-state index is 0.146. The summed E-state index contributed by atoms with van der Waals surface area (Å²) < 4.78 is 0. The van der Waals surface area contributed by atoms with Gasteiger partial charge in [-0.3, -0.25) is 14.4 Å². The van der Waals surface area contributed by atoms with E-state index in [0.29, 0.717) is 12.3 Å². The summed E-state index contributed by atoms with van der Waals surface area (Å²) in [6, 6.07) is 0. The highest BCUT2D eigenvalue weighted by molar-refractivity contribution is 5.87. The fraction of sp³-hybridized carbons (Fsp3) is 0.583. The second-order valence-corrected chi connectivity index (χ2v) is 4.87. The van der Waals surface area contributed by atoms with Crippen molar-refractivity contribution in [2.24, 2.45) is 17.8 Å². The van der Waals surface area contributed by atoms with Gasteiger partial charge in [0.15, 0.2) is 0 Å². The van der Waals surface area contributed by atoms with Crippen LogP contribution in [0.1, 0.15) is 12.8 Å². The molecule has 1 saturated carbocycles. The molecular formula is C12H15NO5. The van der Waals surface area contributed by atoms with E-state index >= 15 is 0 Å². The molecule has 3 unspecified atom stereocenters. The molecule has 18 heavy (non-hydrogen) atoms. The van der Waals surface area contributed by atoms with Gasteiger partial charge in [0.05, 0.1) is 0 Å². The zero-order valence-electron chi connectivity index (χ0n) is 9.78. The first kappa shape index (κ1) is 12.6. The van der Waals surface area contributed by atoms with Crippen LogP contribution in [0.2, 0.25) is 0 Å². The normalized spacial score (nSPS) is 28.3. The largest absolute Gasteiger partial charge is 0.480 e. The molecule has 1 amide bonds. The zero-order valence-corrected chi connectivity index (χ0v) is 9.78. The van der Waals surface area contributed by atoms with E-state index < -0.39 is 25.0 Å². The molecule has 2 aliphatic rings. The SMILES string of the molecule is O=C(O)CN(CC(=O)O)C(=O)C1CC2C=CC1C2. The van der Waals surface area contributed by atoms with Crippen molar-refractivity contribution in [1.82, 2.24) is 4.90 Å². The Morgan fingerprint density at radius 3 is 2.06 bits per heavy atom. The highest BCUT2D eigenvalue weighted by Crippen LogP contribution is 2.44. The molecule has 0 aromatic heterocycles. The van der Waals surface area contributed by atoms with Crippen LogP contribution >= 0.6 is 0 Å². The predicted octanol–water partition coefficient (Wildman–Crippen LogP) is 0.196. The molecule has 6 nitrogen and oxygen atoms in total. The Kier molecular flexibility index (Phi) is 3.36. The summed E-state index contributed by atoms with van der Waals surface area (Å²) in [6.45, 7) is -1.11. The maximum Gasteiger partial charge on any atom is 0.323 e. The zero-order chi connectivity index (χ0) is 13.3. The number of allylic oxidation sites excluding steroid dienone is 2. The fourth-order valence-corrected chi connectivity index (χ4v) is 2.84. The van der Waals surface area contributed by atoms with Gasteiger partial charge >= 0.3 is 11.9 Å². The van der Waals surface area contributed by atoms with Crippen molar-refractivity contribution >= 4 is 17.8 Å². The average molecular weight is 253 g/mol. The number of hydrogen-bond donors (Lipinski definition) is 2. The first-order valence-electron chi connectivity index (χ1n) is 5.88. The van der Waals surface area contributed by atoms with Crippen molar-refractivity contribution in [2.45, 2.75) is 12.8 Å². The third-order valence-corrected chi connectivity index (χ3v) is 3.56. The van der Waals surface area contributed by atoms with E-state index in [1.165, 1.54) is 0 Å². The minimum atomic E-state index is -1.19. The molecule has 0 spiro atoms. The first-order valence-corrected chi connectivity index (χ1v) is 5.88. The predicted molar refractivity (Wildman–Crippen MR) is 60.7 cm³/mol. The van der Waals surface area contributed by atoms with Gasteiger partial charge in [0.2, 0.25) is 5.91 Å². The molecule has 2 bridgehead atoms. The van der Waals surface area contributed by atoms with Gasteiger partial charge in [-0.25, -0.2) is 0 Å². The minimum Gasteiger partial charge on any atom is -0.480 e. The number of fused-ring (bicyclic) bond motifs is 2. The lowest BCUT2D eigenvalue weighted by atomic mass is 9.92. The highest BCUT2D eigenvalue weighted by atomic mass is 16.4. The van der Waals surface area contributed by atoms with Gasteiger partial charge in [0.25, 0.3) is 0 Å². The summed E-state index contributed by atoms with van der Waals surface area (Å²) in [7, 11) is 0. The van der Waals surface area contributed by atoms with Gasteiger partial charge in [0, 0.05) is 5.92 Å². The number of carbonyl (C=O) groups is 3. The maximum absolute atomic E-state index is 12.2. The van der Waals surface area contributed by atoms with E-state index in [9.17, 15) is 14.4 Å². The lowest BCUT2D eigenvalue weighted by molar-refractivity contribution is -0.151. The Morgan fingerprint density at radius 2 is 1.67 bits per heavy atom. The van der Waals surface area contributed by atoms with Crippen LogP contribution in [-0.4, -0.2) is 46.0 Å². The summed E-state index contributed by atoms with van der Waals surface area (Å²) in [5, 5.41) is 17.4. The van der Waals surface area contributed by atoms with Gasteiger partial charge in [-0.05, 0) is 24.7 Å². The molecule has 0 radical (unpaired) electrons. The molecule has 2 rings (SSSR count). The number of carboxylic acid groups (broad SMARTS) is 2. The Hall–Kier alpha value is -1.85. The Bertz CT molecular complexity index is 401. The monoisotopic (exact) mass is 253 g/mol. The standard InChI is InChI=1S/C12H15NO5/c14-10(15)5-13(6-11(16)17)12(18)9-4-7-1-2-8(9)3-7/h1-2,7-9H,3-6H2,(H,14,15)(H,16,17). The van der Waals surface area contributed by atoms with E-state index in [1.54, 1.807) is 0 Å². The number of aliphatic carboxylic acids is 2. The van der Waals surface area contributed by atoms with Gasteiger partial charge in [-0.15, -0.1) is 0 Å². The molecule has 0 aliphatic heterocycles. The summed E-state index contributed by atoms with van der Waals surface area (Å²) in [5.74, 6) is -2.45. The number of carbonyl (C=O) groups excluding carboxylic acids is 1. The topological polar surface area (TPSA) is 94.9 Å². The van der Waals surface area contributed by atoms with Crippen LogP contribution in [0.5, 0.6) is 0 Å². The molecule has 0 aromatic carbocycles. The quantitative estimate of drug-likeness (QED) is 0.682. The third-order valence-electron chi connectivity index (χ3n) is 3.56. The van der Waals surface area contributed by atoms with Crippen molar-refractivity contribution in [3.8, 4) is 0 Å². The summed E-state index contributed by atoms with van der Waals surface area (Å²) in [4.78, 5) is 34.4. The van der Waals surface area contributed by atoms with Crippen molar-refractivity contribution < 1.29 is 24.6 Å². The smallest absolute Gasteiger partial charge is 0.323 e. The van der Waals surface area contributed by atoms with Crippen LogP contribution in [0.4, 0.5) is 0 Å². The molecule has 2 aliphatic carbocycles. The van der Waals surface area contributed by atoms with Crippen LogP contribution in [0.3, 0.4) is 0 Å². The third kappa shape index (κ3) is 2.52. The number of rotatable bonds is 5. The highest BCUT2D eigenvalue weighted by Gasteiger charge is 2.42. The molecular weight excluding hydrogens is 238 g/mol. The number of hydrogen-bond acceptors (Lipinski definition) is 3. The van der Waals surface area contributed by atoms with Gasteiger partial charge in [-0.1, -0.05) is 12.2 Å². The Morgan fingerprint density at radius 1 is 1.06 bits per heavy atom. The molecule has 0 saturated heterocycles. The fourth-order valence-electron chi connectivity index (χ4n) is 2.84. The summed E-state index contributed by atoms with van der Waals surface area (Å²) in [6.07, 6.45) is 5.68. The lowest BCUT2D eigenvalue weighted by Crippen LogP contribution is -2.43. The number of amides is 1. The van der Waals surface area contributed by atoms with Crippen molar-refractivity contribution in [3.05, 3.63) is 12.2 Å². The van der Waals surface area contributed by atoms with Gasteiger partial charge < -0.3 is 15.1 Å². The first-order chi connectivity index (χ1) is 8.47. The second kappa shape index (κ2) is 4.80. The lowest BCUT2D eigenvalue weighted by Gasteiger charge is -2.25.